The maximum atomic E-state index is 5.70. The van der Waals surface area contributed by atoms with Crippen LogP contribution in [0.4, 0.5) is 0 Å². The number of ether oxygens (including phenoxy) is 2. The summed E-state index contributed by atoms with van der Waals surface area (Å²) in [5, 5.41) is 0. The highest BCUT2D eigenvalue weighted by Crippen LogP contribution is 2.44. The molecule has 0 atom stereocenters. The van der Waals surface area contributed by atoms with E-state index in [1.165, 1.54) is 0 Å². The minimum Gasteiger partial charge on any atom is -0.454 e. The van der Waals surface area contributed by atoms with E-state index in [2.05, 4.69) is 78.9 Å². The Bertz CT molecular complexity index is 1410. The van der Waals surface area contributed by atoms with Gasteiger partial charge in [0.05, 0.1) is 11.4 Å². The molecule has 5 aromatic rings. The molecule has 0 saturated carbocycles. The molecule has 0 bridgehead atoms. The van der Waals surface area contributed by atoms with Gasteiger partial charge in [0.2, 0.25) is 6.79 Å². The Morgan fingerprint density at radius 3 is 1.82 bits per heavy atom. The van der Waals surface area contributed by atoms with Crippen LogP contribution in [0.1, 0.15) is 0 Å². The van der Waals surface area contributed by atoms with Gasteiger partial charge in [-0.25, -0.2) is 4.98 Å². The van der Waals surface area contributed by atoms with Crippen LogP contribution in [0, 0.1) is 0 Å². The smallest absolute Gasteiger partial charge is 0.231 e. The topological polar surface area (TPSA) is 31.4 Å². The van der Waals surface area contributed by atoms with Crippen LogP contribution in [0.5, 0.6) is 11.5 Å². The second-order valence-corrected chi connectivity index (χ2v) is 7.94. The Labute approximate surface area is 192 Å². The minimum absolute atomic E-state index is 0.255. The third-order valence-electron chi connectivity index (χ3n) is 5.88. The number of pyridine rings is 1. The van der Waals surface area contributed by atoms with Gasteiger partial charge in [-0.15, -0.1) is 0 Å². The van der Waals surface area contributed by atoms with Gasteiger partial charge in [-0.3, -0.25) is 0 Å². The predicted molar refractivity (Wildman–Crippen MR) is 132 cm³/mol. The summed E-state index contributed by atoms with van der Waals surface area (Å²) < 4.78 is 11.3. The molecule has 0 saturated heterocycles. The van der Waals surface area contributed by atoms with Crippen LogP contribution in [-0.4, -0.2) is 11.8 Å². The fraction of sp³-hybridized carbons (Fsp3) is 0.0333. The number of nitrogens with zero attached hydrogens (tertiary/aromatic N) is 1. The molecule has 1 aliphatic rings. The highest BCUT2D eigenvalue weighted by Gasteiger charge is 2.20. The molecular formula is C30H21NO2. The number of aromatic nitrogens is 1. The van der Waals surface area contributed by atoms with E-state index in [1.807, 2.05) is 36.4 Å². The molecule has 0 amide bonds. The Morgan fingerprint density at radius 2 is 1.12 bits per heavy atom. The largest absolute Gasteiger partial charge is 0.454 e. The van der Waals surface area contributed by atoms with Crippen molar-refractivity contribution in [3.05, 3.63) is 115 Å². The molecule has 1 aromatic heterocycles. The molecule has 0 unspecified atom stereocenters. The van der Waals surface area contributed by atoms with Crippen LogP contribution in [-0.2, 0) is 0 Å². The van der Waals surface area contributed by atoms with Gasteiger partial charge in [0.1, 0.15) is 0 Å². The Hall–Kier alpha value is -4.37. The van der Waals surface area contributed by atoms with Crippen molar-refractivity contribution in [2.75, 3.05) is 6.79 Å². The molecular weight excluding hydrogens is 406 g/mol. The first-order chi connectivity index (χ1) is 16.4. The van der Waals surface area contributed by atoms with Gasteiger partial charge >= 0.3 is 0 Å². The molecule has 33 heavy (non-hydrogen) atoms. The normalized spacial score (nSPS) is 12.0. The van der Waals surface area contributed by atoms with Gasteiger partial charge in [-0.2, -0.15) is 0 Å². The fourth-order valence-electron chi connectivity index (χ4n) is 4.30. The van der Waals surface area contributed by atoms with Gasteiger partial charge in [-0.05, 0) is 34.9 Å². The summed E-state index contributed by atoms with van der Waals surface area (Å²) in [6, 6.07) is 39.5. The lowest BCUT2D eigenvalue weighted by molar-refractivity contribution is 0.174. The van der Waals surface area contributed by atoms with Gasteiger partial charge < -0.3 is 9.47 Å². The number of hydrogen-bond acceptors (Lipinski definition) is 3. The minimum atomic E-state index is 0.255. The lowest BCUT2D eigenvalue weighted by Gasteiger charge is -2.18. The zero-order valence-corrected chi connectivity index (χ0v) is 17.9. The lowest BCUT2D eigenvalue weighted by atomic mass is 9.89. The van der Waals surface area contributed by atoms with E-state index < -0.39 is 0 Å². The van der Waals surface area contributed by atoms with Gasteiger partial charge in [0.25, 0.3) is 0 Å². The molecule has 1 aliphatic heterocycles. The second kappa shape index (κ2) is 8.29. The number of benzene rings is 4. The van der Waals surface area contributed by atoms with Crippen molar-refractivity contribution < 1.29 is 9.47 Å². The molecule has 6 rings (SSSR count). The molecule has 4 aromatic carbocycles. The van der Waals surface area contributed by atoms with Gasteiger partial charge in [0.15, 0.2) is 11.5 Å². The average molecular weight is 428 g/mol. The summed E-state index contributed by atoms with van der Waals surface area (Å²) in [7, 11) is 0. The van der Waals surface area contributed by atoms with E-state index in [-0.39, 0.29) is 6.79 Å². The van der Waals surface area contributed by atoms with Crippen LogP contribution >= 0.6 is 0 Å². The van der Waals surface area contributed by atoms with E-state index in [4.69, 9.17) is 14.5 Å². The molecule has 2 heterocycles. The first-order valence-corrected chi connectivity index (χ1v) is 11.0. The SMILES string of the molecule is c1ccc(-c2cc(-c3ccc4c(c3)OCO4)c(-c3ccccc3)c(-c3ccccc3)n2)cc1. The third kappa shape index (κ3) is 3.64. The molecule has 158 valence electrons. The maximum Gasteiger partial charge on any atom is 0.231 e. The maximum absolute atomic E-state index is 5.70. The van der Waals surface area contributed by atoms with Crippen molar-refractivity contribution in [1.82, 2.24) is 4.98 Å². The van der Waals surface area contributed by atoms with Crippen molar-refractivity contribution in [2.24, 2.45) is 0 Å². The summed E-state index contributed by atoms with van der Waals surface area (Å²) in [5.74, 6) is 1.55. The fourth-order valence-corrected chi connectivity index (χ4v) is 4.30. The number of hydrogen-bond donors (Lipinski definition) is 0. The molecule has 3 nitrogen and oxygen atoms in total. The van der Waals surface area contributed by atoms with E-state index in [0.29, 0.717) is 0 Å². The highest BCUT2D eigenvalue weighted by atomic mass is 16.7. The van der Waals surface area contributed by atoms with E-state index in [1.54, 1.807) is 0 Å². The number of rotatable bonds is 4. The van der Waals surface area contributed by atoms with E-state index in [0.717, 1.165) is 56.3 Å². The van der Waals surface area contributed by atoms with Crippen LogP contribution in [0.15, 0.2) is 115 Å². The molecule has 0 radical (unpaired) electrons. The third-order valence-corrected chi connectivity index (χ3v) is 5.88. The summed E-state index contributed by atoms with van der Waals surface area (Å²) in [6.45, 7) is 0.255. The Balaban J connectivity index is 1.68. The standard InChI is InChI=1S/C30H21NO2/c1-4-10-21(11-5-1)26-19-25(24-16-17-27-28(18-24)33-20-32-27)29(22-12-6-2-7-13-22)30(31-26)23-14-8-3-9-15-23/h1-19H,20H2. The molecule has 0 spiro atoms. The van der Waals surface area contributed by atoms with Crippen LogP contribution in [0.2, 0.25) is 0 Å². The molecule has 0 aliphatic carbocycles. The van der Waals surface area contributed by atoms with Gasteiger partial charge in [-0.1, -0.05) is 97.1 Å². The van der Waals surface area contributed by atoms with Crippen molar-refractivity contribution in [3.8, 4) is 56.3 Å². The van der Waals surface area contributed by atoms with Crippen LogP contribution < -0.4 is 9.47 Å². The van der Waals surface area contributed by atoms with Crippen molar-refractivity contribution in [3.63, 3.8) is 0 Å². The van der Waals surface area contributed by atoms with Crippen molar-refractivity contribution >= 4 is 0 Å². The predicted octanol–water partition coefficient (Wildman–Crippen LogP) is 7.48. The summed E-state index contributed by atoms with van der Waals surface area (Å²) >= 11 is 0. The van der Waals surface area contributed by atoms with Crippen LogP contribution in [0.3, 0.4) is 0 Å². The lowest BCUT2D eigenvalue weighted by Crippen LogP contribution is -1.97. The first-order valence-electron chi connectivity index (χ1n) is 11.0. The monoisotopic (exact) mass is 427 g/mol. The zero-order valence-electron chi connectivity index (χ0n) is 17.9. The summed E-state index contributed by atoms with van der Waals surface area (Å²) in [6.07, 6.45) is 0. The molecule has 3 heteroatoms. The summed E-state index contributed by atoms with van der Waals surface area (Å²) in [5.41, 5.74) is 8.43. The first kappa shape index (κ1) is 19.3. The Kier molecular flexibility index (Phi) is 4.85. The summed E-state index contributed by atoms with van der Waals surface area (Å²) in [4.78, 5) is 5.19. The number of fused-ring (bicyclic) bond motifs is 1. The van der Waals surface area contributed by atoms with Crippen LogP contribution in [0.25, 0.3) is 44.8 Å². The van der Waals surface area contributed by atoms with Gasteiger partial charge in [0, 0.05) is 16.7 Å². The Morgan fingerprint density at radius 1 is 0.515 bits per heavy atom. The van der Waals surface area contributed by atoms with Crippen molar-refractivity contribution in [2.45, 2.75) is 0 Å². The van der Waals surface area contributed by atoms with Crippen molar-refractivity contribution in [1.29, 1.82) is 0 Å². The quantitative estimate of drug-likeness (QED) is 0.298. The molecule has 0 N–H and O–H groups in total. The van der Waals surface area contributed by atoms with E-state index in [9.17, 15) is 0 Å². The highest BCUT2D eigenvalue weighted by molar-refractivity contribution is 5.95. The van der Waals surface area contributed by atoms with E-state index >= 15 is 0 Å². The zero-order chi connectivity index (χ0) is 22.0. The second-order valence-electron chi connectivity index (χ2n) is 7.94. The molecule has 0 fully saturated rings. The average Bonchev–Trinajstić information content (AvgIpc) is 3.37.